The van der Waals surface area contributed by atoms with Crippen molar-refractivity contribution in [3.8, 4) is 0 Å². The van der Waals surface area contributed by atoms with E-state index < -0.39 is 0 Å². The van der Waals surface area contributed by atoms with E-state index in [2.05, 4.69) is 38.7 Å². The summed E-state index contributed by atoms with van der Waals surface area (Å²) >= 11 is 0. The predicted molar refractivity (Wildman–Crippen MR) is 67.7 cm³/mol. The standard InChI is InChI=1S/C14H18N2/c1-9-7-6-8-11-12(9)16-13(10(2)15-11)14(3,4)5/h6-8H,1-5H3. The maximum atomic E-state index is 4.78. The molecule has 0 bridgehead atoms. The quantitative estimate of drug-likeness (QED) is 0.670. The van der Waals surface area contributed by atoms with Crippen LogP contribution in [0.2, 0.25) is 0 Å². The zero-order chi connectivity index (χ0) is 11.9. The van der Waals surface area contributed by atoms with Crippen LogP contribution in [0.4, 0.5) is 0 Å². The number of aryl methyl sites for hydroxylation is 2. The summed E-state index contributed by atoms with van der Waals surface area (Å²) in [7, 11) is 0. The number of para-hydroxylation sites is 1. The van der Waals surface area contributed by atoms with Crippen molar-refractivity contribution in [3.63, 3.8) is 0 Å². The summed E-state index contributed by atoms with van der Waals surface area (Å²) in [6.45, 7) is 10.6. The maximum absolute atomic E-state index is 4.78. The van der Waals surface area contributed by atoms with Gasteiger partial charge in [0.2, 0.25) is 0 Å². The highest BCUT2D eigenvalue weighted by Crippen LogP contribution is 2.25. The van der Waals surface area contributed by atoms with Gasteiger partial charge < -0.3 is 0 Å². The molecule has 0 amide bonds. The topological polar surface area (TPSA) is 25.8 Å². The molecule has 0 spiro atoms. The highest BCUT2D eigenvalue weighted by atomic mass is 14.8. The van der Waals surface area contributed by atoms with Crippen molar-refractivity contribution in [1.29, 1.82) is 0 Å². The van der Waals surface area contributed by atoms with Gasteiger partial charge in [0.05, 0.1) is 22.4 Å². The van der Waals surface area contributed by atoms with E-state index in [0.29, 0.717) is 0 Å². The molecule has 2 rings (SSSR count). The molecule has 0 saturated heterocycles. The number of fused-ring (bicyclic) bond motifs is 1. The van der Waals surface area contributed by atoms with Crippen molar-refractivity contribution in [2.24, 2.45) is 0 Å². The van der Waals surface area contributed by atoms with Crippen molar-refractivity contribution >= 4 is 11.0 Å². The summed E-state index contributed by atoms with van der Waals surface area (Å²) in [5.41, 5.74) is 5.38. The lowest BCUT2D eigenvalue weighted by Gasteiger charge is -2.20. The SMILES string of the molecule is Cc1nc2cccc(C)c2nc1C(C)(C)C. The maximum Gasteiger partial charge on any atom is 0.0919 e. The second-order valence-electron chi connectivity index (χ2n) is 5.35. The number of hydrogen-bond donors (Lipinski definition) is 0. The Kier molecular flexibility index (Phi) is 2.45. The molecule has 0 N–H and O–H groups in total. The lowest BCUT2D eigenvalue weighted by molar-refractivity contribution is 0.563. The zero-order valence-electron chi connectivity index (χ0n) is 10.6. The summed E-state index contributed by atoms with van der Waals surface area (Å²) in [6, 6.07) is 6.14. The first-order valence-corrected chi connectivity index (χ1v) is 5.64. The Bertz CT molecular complexity index is 536. The number of rotatable bonds is 0. The van der Waals surface area contributed by atoms with Crippen LogP contribution in [0.1, 0.15) is 37.7 Å². The Morgan fingerprint density at radius 3 is 2.31 bits per heavy atom. The Hall–Kier alpha value is -1.44. The van der Waals surface area contributed by atoms with Gasteiger partial charge in [0, 0.05) is 5.41 Å². The Morgan fingerprint density at radius 2 is 1.69 bits per heavy atom. The molecule has 0 radical (unpaired) electrons. The van der Waals surface area contributed by atoms with Crippen LogP contribution in [-0.2, 0) is 5.41 Å². The highest BCUT2D eigenvalue weighted by molar-refractivity contribution is 5.78. The van der Waals surface area contributed by atoms with Gasteiger partial charge in [0.15, 0.2) is 0 Å². The third-order valence-electron chi connectivity index (χ3n) is 2.78. The Morgan fingerprint density at radius 1 is 1.00 bits per heavy atom. The van der Waals surface area contributed by atoms with Gasteiger partial charge in [-0.1, -0.05) is 32.9 Å². The second-order valence-corrected chi connectivity index (χ2v) is 5.35. The molecule has 0 aliphatic heterocycles. The predicted octanol–water partition coefficient (Wildman–Crippen LogP) is 3.54. The van der Waals surface area contributed by atoms with E-state index in [1.807, 2.05) is 19.1 Å². The van der Waals surface area contributed by atoms with Gasteiger partial charge in [-0.15, -0.1) is 0 Å². The molecular weight excluding hydrogens is 196 g/mol. The highest BCUT2D eigenvalue weighted by Gasteiger charge is 2.19. The van der Waals surface area contributed by atoms with E-state index >= 15 is 0 Å². The van der Waals surface area contributed by atoms with Crippen LogP contribution in [0, 0.1) is 13.8 Å². The van der Waals surface area contributed by atoms with Crippen molar-refractivity contribution < 1.29 is 0 Å². The third kappa shape index (κ3) is 1.80. The van der Waals surface area contributed by atoms with Gasteiger partial charge in [-0.3, -0.25) is 0 Å². The minimum absolute atomic E-state index is 0.0492. The molecule has 1 aromatic carbocycles. The Balaban J connectivity index is 2.80. The smallest absolute Gasteiger partial charge is 0.0919 e. The van der Waals surface area contributed by atoms with E-state index in [-0.39, 0.29) is 5.41 Å². The number of benzene rings is 1. The van der Waals surface area contributed by atoms with E-state index in [4.69, 9.17) is 4.98 Å². The van der Waals surface area contributed by atoms with Crippen molar-refractivity contribution in [3.05, 3.63) is 35.2 Å². The summed E-state index contributed by atoms with van der Waals surface area (Å²) in [4.78, 5) is 9.42. The number of nitrogens with zero attached hydrogens (tertiary/aromatic N) is 2. The molecule has 84 valence electrons. The fraction of sp³-hybridized carbons (Fsp3) is 0.429. The fourth-order valence-corrected chi connectivity index (χ4v) is 2.02. The molecule has 2 nitrogen and oxygen atoms in total. The lowest BCUT2D eigenvalue weighted by atomic mass is 9.90. The van der Waals surface area contributed by atoms with E-state index in [9.17, 15) is 0 Å². The van der Waals surface area contributed by atoms with Crippen molar-refractivity contribution in [1.82, 2.24) is 9.97 Å². The van der Waals surface area contributed by atoms with E-state index in [1.165, 1.54) is 5.56 Å². The fourth-order valence-electron chi connectivity index (χ4n) is 2.02. The minimum atomic E-state index is 0.0492. The van der Waals surface area contributed by atoms with Crippen LogP contribution >= 0.6 is 0 Å². The number of aromatic nitrogens is 2. The van der Waals surface area contributed by atoms with Crippen LogP contribution in [0.5, 0.6) is 0 Å². The first-order valence-electron chi connectivity index (χ1n) is 5.64. The monoisotopic (exact) mass is 214 g/mol. The normalized spacial score (nSPS) is 12.1. The molecule has 16 heavy (non-hydrogen) atoms. The van der Waals surface area contributed by atoms with Gasteiger partial charge in [-0.05, 0) is 25.5 Å². The molecule has 2 aromatic rings. The van der Waals surface area contributed by atoms with Gasteiger partial charge >= 0.3 is 0 Å². The summed E-state index contributed by atoms with van der Waals surface area (Å²) in [6.07, 6.45) is 0. The third-order valence-corrected chi connectivity index (χ3v) is 2.78. The van der Waals surface area contributed by atoms with Crippen molar-refractivity contribution in [2.45, 2.75) is 40.0 Å². The average Bonchev–Trinajstić information content (AvgIpc) is 2.15. The first-order chi connectivity index (χ1) is 7.39. The van der Waals surface area contributed by atoms with E-state index in [0.717, 1.165) is 22.4 Å². The second kappa shape index (κ2) is 3.55. The molecule has 0 fully saturated rings. The van der Waals surface area contributed by atoms with Gasteiger partial charge in [0.1, 0.15) is 0 Å². The lowest BCUT2D eigenvalue weighted by Crippen LogP contribution is -2.16. The number of hydrogen-bond acceptors (Lipinski definition) is 2. The van der Waals surface area contributed by atoms with Gasteiger partial charge in [0.25, 0.3) is 0 Å². The van der Waals surface area contributed by atoms with Gasteiger partial charge in [-0.25, -0.2) is 9.97 Å². The molecule has 2 heteroatoms. The van der Waals surface area contributed by atoms with Gasteiger partial charge in [-0.2, -0.15) is 0 Å². The molecular formula is C14H18N2. The molecule has 1 aromatic heterocycles. The van der Waals surface area contributed by atoms with Crippen LogP contribution in [0.15, 0.2) is 18.2 Å². The molecule has 0 atom stereocenters. The van der Waals surface area contributed by atoms with Crippen LogP contribution in [-0.4, -0.2) is 9.97 Å². The van der Waals surface area contributed by atoms with Crippen LogP contribution in [0.3, 0.4) is 0 Å². The summed E-state index contributed by atoms with van der Waals surface area (Å²) in [5, 5.41) is 0. The summed E-state index contributed by atoms with van der Waals surface area (Å²) < 4.78 is 0. The Labute approximate surface area is 96.7 Å². The molecule has 0 unspecified atom stereocenters. The summed E-state index contributed by atoms with van der Waals surface area (Å²) in [5.74, 6) is 0. The molecule has 0 aliphatic rings. The molecule has 1 heterocycles. The molecule has 0 aliphatic carbocycles. The van der Waals surface area contributed by atoms with Crippen LogP contribution < -0.4 is 0 Å². The molecule has 0 saturated carbocycles. The first kappa shape index (κ1) is 11.1. The zero-order valence-corrected chi connectivity index (χ0v) is 10.6. The van der Waals surface area contributed by atoms with Crippen molar-refractivity contribution in [2.75, 3.05) is 0 Å². The largest absolute Gasteiger partial charge is 0.250 e. The minimum Gasteiger partial charge on any atom is -0.250 e. The van der Waals surface area contributed by atoms with Crippen LogP contribution in [0.25, 0.3) is 11.0 Å². The van der Waals surface area contributed by atoms with E-state index in [1.54, 1.807) is 0 Å². The average molecular weight is 214 g/mol.